The molecule has 0 aromatic heterocycles. The summed E-state index contributed by atoms with van der Waals surface area (Å²) in [7, 11) is 0. The lowest BCUT2D eigenvalue weighted by Gasteiger charge is -2.14. The predicted octanol–water partition coefficient (Wildman–Crippen LogP) is 4.84. The minimum Gasteiger partial charge on any atom is -0.201 e. The van der Waals surface area contributed by atoms with E-state index < -0.39 is 5.92 Å². The van der Waals surface area contributed by atoms with Gasteiger partial charge in [-0.15, -0.1) is 0 Å². The Kier molecular flexibility index (Phi) is 3.32. The van der Waals surface area contributed by atoms with Crippen molar-refractivity contribution in [1.29, 1.82) is 0 Å². The molecule has 0 nitrogen and oxygen atoms in total. The van der Waals surface area contributed by atoms with Crippen LogP contribution >= 0.6 is 0 Å². The third-order valence-electron chi connectivity index (χ3n) is 3.39. The summed E-state index contributed by atoms with van der Waals surface area (Å²) < 4.78 is 26.8. The fourth-order valence-electron chi connectivity index (χ4n) is 1.99. The average molecular weight is 236 g/mol. The van der Waals surface area contributed by atoms with E-state index in [9.17, 15) is 8.78 Å². The van der Waals surface area contributed by atoms with Gasteiger partial charge in [0.05, 0.1) is 0 Å². The Morgan fingerprint density at radius 3 is 2.24 bits per heavy atom. The minimum absolute atomic E-state index is 0.125. The molecule has 2 heteroatoms. The molecule has 1 aliphatic rings. The monoisotopic (exact) mass is 236 g/mol. The van der Waals surface area contributed by atoms with E-state index in [1.165, 1.54) is 30.9 Å². The Labute approximate surface area is 101 Å². The number of halogens is 2. The van der Waals surface area contributed by atoms with E-state index >= 15 is 0 Å². The smallest absolute Gasteiger partial charge is 0.201 e. The molecule has 0 spiro atoms. The van der Waals surface area contributed by atoms with Crippen LogP contribution in [-0.2, 0) is 12.3 Å². The first kappa shape index (κ1) is 12.3. The maximum atomic E-state index is 13.4. The molecule has 0 amide bonds. The lowest BCUT2D eigenvalue weighted by molar-refractivity contribution is -0.00829. The SMILES string of the molecule is CCC(F)(F)c1ccc(CC(C)=C2CC2)cc1. The van der Waals surface area contributed by atoms with Gasteiger partial charge in [0, 0.05) is 12.0 Å². The van der Waals surface area contributed by atoms with Crippen LogP contribution in [0.3, 0.4) is 0 Å². The van der Waals surface area contributed by atoms with Gasteiger partial charge in [-0.05, 0) is 31.7 Å². The van der Waals surface area contributed by atoms with E-state index in [1.807, 2.05) is 12.1 Å². The maximum absolute atomic E-state index is 13.4. The van der Waals surface area contributed by atoms with Gasteiger partial charge in [0.25, 0.3) is 5.92 Å². The Morgan fingerprint density at radius 2 is 1.76 bits per heavy atom. The van der Waals surface area contributed by atoms with Gasteiger partial charge in [-0.1, -0.05) is 42.3 Å². The molecule has 0 radical (unpaired) electrons. The van der Waals surface area contributed by atoms with Crippen molar-refractivity contribution < 1.29 is 8.78 Å². The van der Waals surface area contributed by atoms with E-state index in [-0.39, 0.29) is 12.0 Å². The molecule has 17 heavy (non-hydrogen) atoms. The van der Waals surface area contributed by atoms with Gasteiger partial charge in [0.15, 0.2) is 0 Å². The molecular weight excluding hydrogens is 218 g/mol. The molecule has 0 aliphatic heterocycles. The number of hydrogen-bond acceptors (Lipinski definition) is 0. The Morgan fingerprint density at radius 1 is 1.18 bits per heavy atom. The third kappa shape index (κ3) is 2.93. The fourth-order valence-corrected chi connectivity index (χ4v) is 1.99. The largest absolute Gasteiger partial charge is 0.273 e. The van der Waals surface area contributed by atoms with Crippen LogP contribution in [0.25, 0.3) is 0 Å². The number of rotatable bonds is 4. The lowest BCUT2D eigenvalue weighted by atomic mass is 10.0. The zero-order valence-corrected chi connectivity index (χ0v) is 10.4. The van der Waals surface area contributed by atoms with E-state index in [1.54, 1.807) is 12.1 Å². The van der Waals surface area contributed by atoms with Gasteiger partial charge in [-0.3, -0.25) is 0 Å². The van der Waals surface area contributed by atoms with Crippen molar-refractivity contribution in [3.8, 4) is 0 Å². The molecule has 0 heterocycles. The first-order chi connectivity index (χ1) is 8.03. The fraction of sp³-hybridized carbons (Fsp3) is 0.467. The van der Waals surface area contributed by atoms with Crippen LogP contribution in [0.1, 0.15) is 44.2 Å². The Hall–Kier alpha value is -1.18. The first-order valence-corrected chi connectivity index (χ1v) is 6.17. The second-order valence-electron chi connectivity index (χ2n) is 4.82. The highest BCUT2D eigenvalue weighted by atomic mass is 19.3. The molecule has 0 unspecified atom stereocenters. The first-order valence-electron chi connectivity index (χ1n) is 6.17. The van der Waals surface area contributed by atoms with Crippen molar-refractivity contribution in [2.24, 2.45) is 0 Å². The summed E-state index contributed by atoms with van der Waals surface area (Å²) in [6, 6.07) is 6.77. The van der Waals surface area contributed by atoms with Crippen LogP contribution in [0.15, 0.2) is 35.4 Å². The molecule has 1 aliphatic carbocycles. The molecular formula is C15H18F2. The van der Waals surface area contributed by atoms with Crippen LogP contribution in [0, 0.1) is 0 Å². The van der Waals surface area contributed by atoms with Crippen molar-refractivity contribution >= 4 is 0 Å². The molecule has 2 rings (SSSR count). The van der Waals surface area contributed by atoms with Crippen LogP contribution < -0.4 is 0 Å². The predicted molar refractivity (Wildman–Crippen MR) is 66.3 cm³/mol. The molecule has 1 saturated carbocycles. The summed E-state index contributed by atoms with van der Waals surface area (Å²) >= 11 is 0. The van der Waals surface area contributed by atoms with E-state index in [4.69, 9.17) is 0 Å². The van der Waals surface area contributed by atoms with Crippen LogP contribution in [0.2, 0.25) is 0 Å². The lowest BCUT2D eigenvalue weighted by Crippen LogP contribution is -2.11. The van der Waals surface area contributed by atoms with Crippen molar-refractivity contribution in [3.05, 3.63) is 46.5 Å². The highest BCUT2D eigenvalue weighted by Gasteiger charge is 2.28. The number of benzene rings is 1. The maximum Gasteiger partial charge on any atom is 0.273 e. The standard InChI is InChI=1S/C15H18F2/c1-3-15(16,17)14-8-4-12(5-9-14)10-11(2)13-6-7-13/h4-5,8-9H,3,6-7,10H2,1-2H3. The zero-order chi connectivity index (χ0) is 12.5. The van der Waals surface area contributed by atoms with Crippen LogP contribution in [0.4, 0.5) is 8.78 Å². The average Bonchev–Trinajstić information content (AvgIpc) is 3.13. The van der Waals surface area contributed by atoms with Crippen LogP contribution in [-0.4, -0.2) is 0 Å². The number of alkyl halides is 2. The molecule has 1 aromatic rings. The van der Waals surface area contributed by atoms with Gasteiger partial charge in [-0.25, -0.2) is 8.78 Å². The van der Waals surface area contributed by atoms with E-state index in [0.717, 1.165) is 12.0 Å². The summed E-state index contributed by atoms with van der Waals surface area (Å²) in [4.78, 5) is 0. The molecule has 1 fully saturated rings. The van der Waals surface area contributed by atoms with Crippen LogP contribution in [0.5, 0.6) is 0 Å². The Balaban J connectivity index is 2.10. The van der Waals surface area contributed by atoms with Gasteiger partial charge < -0.3 is 0 Å². The molecule has 0 saturated heterocycles. The van der Waals surface area contributed by atoms with Crippen molar-refractivity contribution in [3.63, 3.8) is 0 Å². The normalized spacial score (nSPS) is 14.9. The highest BCUT2D eigenvalue weighted by Crippen LogP contribution is 2.34. The molecule has 92 valence electrons. The molecule has 0 bridgehead atoms. The van der Waals surface area contributed by atoms with Gasteiger partial charge in [0.2, 0.25) is 0 Å². The van der Waals surface area contributed by atoms with Crippen molar-refractivity contribution in [1.82, 2.24) is 0 Å². The van der Waals surface area contributed by atoms with Crippen molar-refractivity contribution in [2.45, 2.75) is 45.5 Å². The minimum atomic E-state index is -2.69. The zero-order valence-electron chi connectivity index (χ0n) is 10.4. The number of hydrogen-bond donors (Lipinski definition) is 0. The second-order valence-corrected chi connectivity index (χ2v) is 4.82. The third-order valence-corrected chi connectivity index (χ3v) is 3.39. The van der Waals surface area contributed by atoms with Crippen molar-refractivity contribution in [2.75, 3.05) is 0 Å². The summed E-state index contributed by atoms with van der Waals surface area (Å²) in [6.45, 7) is 3.65. The summed E-state index contributed by atoms with van der Waals surface area (Å²) in [5, 5.41) is 0. The second kappa shape index (κ2) is 4.59. The van der Waals surface area contributed by atoms with Gasteiger partial charge in [-0.2, -0.15) is 0 Å². The topological polar surface area (TPSA) is 0 Å². The van der Waals surface area contributed by atoms with E-state index in [2.05, 4.69) is 6.92 Å². The summed E-state index contributed by atoms with van der Waals surface area (Å²) in [5.74, 6) is -2.69. The highest BCUT2D eigenvalue weighted by molar-refractivity contribution is 5.32. The van der Waals surface area contributed by atoms with Gasteiger partial charge in [0.1, 0.15) is 0 Å². The molecule has 1 aromatic carbocycles. The summed E-state index contributed by atoms with van der Waals surface area (Å²) in [6.07, 6.45) is 3.19. The Bertz CT molecular complexity index is 421. The van der Waals surface area contributed by atoms with E-state index in [0.29, 0.717) is 0 Å². The molecule has 0 atom stereocenters. The van der Waals surface area contributed by atoms with Gasteiger partial charge >= 0.3 is 0 Å². The number of allylic oxidation sites excluding steroid dienone is 2. The molecule has 0 N–H and O–H groups in total. The quantitative estimate of drug-likeness (QED) is 0.656. The summed E-state index contributed by atoms with van der Waals surface area (Å²) in [5.41, 5.74) is 4.19.